The second-order valence-corrected chi connectivity index (χ2v) is 5.30. The molecule has 1 heterocycles. The Morgan fingerprint density at radius 1 is 1.12 bits per heavy atom. The Labute approximate surface area is 139 Å². The summed E-state index contributed by atoms with van der Waals surface area (Å²) in [7, 11) is 0. The first-order valence-electron chi connectivity index (χ1n) is 7.66. The van der Waals surface area contributed by atoms with Gasteiger partial charge >= 0.3 is 0 Å². The van der Waals surface area contributed by atoms with Gasteiger partial charge in [0.15, 0.2) is 5.82 Å². The molecule has 0 aliphatic rings. The molecule has 0 spiro atoms. The van der Waals surface area contributed by atoms with Gasteiger partial charge in [-0.3, -0.25) is 15.2 Å². The molecule has 1 amide bonds. The molecule has 24 heavy (non-hydrogen) atoms. The fourth-order valence-corrected chi connectivity index (χ4v) is 2.13. The highest BCUT2D eigenvalue weighted by Crippen LogP contribution is 2.15. The molecule has 2 aromatic carbocycles. The number of carbonyl (C=O) groups excluding carboxylic acids is 1. The number of rotatable bonds is 6. The molecule has 0 bridgehead atoms. The molecule has 122 valence electrons. The van der Waals surface area contributed by atoms with Crippen LogP contribution in [0.15, 0.2) is 60.7 Å². The molecule has 0 fully saturated rings. The summed E-state index contributed by atoms with van der Waals surface area (Å²) in [5.41, 5.74) is 1.92. The van der Waals surface area contributed by atoms with E-state index in [2.05, 4.69) is 20.5 Å². The van der Waals surface area contributed by atoms with Gasteiger partial charge in [-0.25, -0.2) is 0 Å². The summed E-state index contributed by atoms with van der Waals surface area (Å²) in [6.45, 7) is 2.07. The Balaban J connectivity index is 1.55. The number of nitrogens with zero attached hydrogens (tertiary/aromatic N) is 2. The molecule has 3 aromatic rings. The largest absolute Gasteiger partial charge is 0.364 e. The summed E-state index contributed by atoms with van der Waals surface area (Å²) < 4.78 is 5.58. The van der Waals surface area contributed by atoms with Gasteiger partial charge in [-0.2, -0.15) is 4.98 Å². The van der Waals surface area contributed by atoms with Crippen LogP contribution in [-0.4, -0.2) is 27.2 Å². The fraction of sp³-hybridized carbons (Fsp3) is 0.167. The zero-order chi connectivity index (χ0) is 16.8. The van der Waals surface area contributed by atoms with Gasteiger partial charge in [0.2, 0.25) is 5.95 Å². The summed E-state index contributed by atoms with van der Waals surface area (Å²) in [5, 5.41) is 9.47. The van der Waals surface area contributed by atoms with Gasteiger partial charge in [0.25, 0.3) is 5.91 Å². The number of anilines is 1. The topological polar surface area (TPSA) is 79.9 Å². The van der Waals surface area contributed by atoms with Crippen molar-refractivity contribution in [3.8, 4) is 11.4 Å². The van der Waals surface area contributed by atoms with Gasteiger partial charge < -0.3 is 4.74 Å². The summed E-state index contributed by atoms with van der Waals surface area (Å²) in [5.74, 6) is 0.544. The lowest BCUT2D eigenvalue weighted by Gasteiger charge is -2.11. The Bertz CT molecular complexity index is 787. The van der Waals surface area contributed by atoms with Crippen LogP contribution in [0.5, 0.6) is 0 Å². The Morgan fingerprint density at radius 3 is 2.50 bits per heavy atom. The molecule has 3 rings (SSSR count). The van der Waals surface area contributed by atoms with Crippen molar-refractivity contribution in [3.05, 3.63) is 66.2 Å². The third-order valence-corrected chi connectivity index (χ3v) is 3.48. The standard InChI is InChI=1S/C18H18N4O2/c1-13(24-12-14-8-4-2-5-9-14)17(23)20-18-19-16(21-22-18)15-10-6-3-7-11-15/h2-11,13H,12H2,1H3,(H2,19,20,21,22,23). The number of carbonyl (C=O) groups is 1. The minimum atomic E-state index is -0.608. The minimum Gasteiger partial charge on any atom is -0.364 e. The lowest BCUT2D eigenvalue weighted by Crippen LogP contribution is -2.28. The van der Waals surface area contributed by atoms with E-state index in [0.717, 1.165) is 11.1 Å². The van der Waals surface area contributed by atoms with E-state index in [0.29, 0.717) is 12.4 Å². The number of aromatic nitrogens is 3. The number of hydrogen-bond donors (Lipinski definition) is 2. The van der Waals surface area contributed by atoms with Crippen molar-refractivity contribution in [3.63, 3.8) is 0 Å². The summed E-state index contributed by atoms with van der Waals surface area (Å²) in [6.07, 6.45) is -0.608. The maximum Gasteiger partial charge on any atom is 0.255 e. The quantitative estimate of drug-likeness (QED) is 0.731. The Kier molecular flexibility index (Phi) is 4.98. The second-order valence-electron chi connectivity index (χ2n) is 5.30. The molecular formula is C18H18N4O2. The zero-order valence-electron chi connectivity index (χ0n) is 13.3. The lowest BCUT2D eigenvalue weighted by molar-refractivity contribution is -0.127. The number of hydrogen-bond acceptors (Lipinski definition) is 4. The third kappa shape index (κ3) is 4.05. The first-order chi connectivity index (χ1) is 11.7. The van der Waals surface area contributed by atoms with Crippen molar-refractivity contribution >= 4 is 11.9 Å². The first-order valence-corrected chi connectivity index (χ1v) is 7.66. The Morgan fingerprint density at radius 2 is 1.79 bits per heavy atom. The van der Waals surface area contributed by atoms with Crippen LogP contribution in [0.2, 0.25) is 0 Å². The van der Waals surface area contributed by atoms with E-state index in [4.69, 9.17) is 4.74 Å². The molecule has 6 heteroatoms. The van der Waals surface area contributed by atoms with Crippen molar-refractivity contribution in [2.24, 2.45) is 0 Å². The van der Waals surface area contributed by atoms with E-state index >= 15 is 0 Å². The molecule has 0 saturated heterocycles. The van der Waals surface area contributed by atoms with Crippen LogP contribution in [0.1, 0.15) is 12.5 Å². The van der Waals surface area contributed by atoms with Crippen molar-refractivity contribution in [1.29, 1.82) is 0 Å². The van der Waals surface area contributed by atoms with E-state index in [1.54, 1.807) is 6.92 Å². The highest BCUT2D eigenvalue weighted by molar-refractivity contribution is 5.92. The molecule has 0 aliphatic carbocycles. The SMILES string of the molecule is CC(OCc1ccccc1)C(=O)Nc1n[nH]c(-c2ccccc2)n1. The lowest BCUT2D eigenvalue weighted by atomic mass is 10.2. The highest BCUT2D eigenvalue weighted by atomic mass is 16.5. The van der Waals surface area contributed by atoms with Crippen LogP contribution in [0, 0.1) is 0 Å². The summed E-state index contributed by atoms with van der Waals surface area (Å²) in [6, 6.07) is 19.3. The predicted molar refractivity (Wildman–Crippen MR) is 91.1 cm³/mol. The van der Waals surface area contributed by atoms with Crippen LogP contribution >= 0.6 is 0 Å². The van der Waals surface area contributed by atoms with Crippen molar-refractivity contribution in [1.82, 2.24) is 15.2 Å². The Hall–Kier alpha value is -2.99. The van der Waals surface area contributed by atoms with Crippen LogP contribution < -0.4 is 5.32 Å². The van der Waals surface area contributed by atoms with Gasteiger partial charge in [0.05, 0.1) is 6.61 Å². The maximum absolute atomic E-state index is 12.1. The van der Waals surface area contributed by atoms with Crippen LogP contribution in [0.25, 0.3) is 11.4 Å². The number of H-pyrrole nitrogens is 1. The van der Waals surface area contributed by atoms with E-state index in [1.807, 2.05) is 60.7 Å². The molecule has 1 unspecified atom stereocenters. The van der Waals surface area contributed by atoms with Gasteiger partial charge in [-0.05, 0) is 12.5 Å². The third-order valence-electron chi connectivity index (χ3n) is 3.48. The molecule has 1 atom stereocenters. The van der Waals surface area contributed by atoms with Crippen LogP contribution in [0.3, 0.4) is 0 Å². The molecular weight excluding hydrogens is 304 g/mol. The van der Waals surface area contributed by atoms with E-state index in [9.17, 15) is 4.79 Å². The highest BCUT2D eigenvalue weighted by Gasteiger charge is 2.16. The molecule has 6 nitrogen and oxygen atoms in total. The molecule has 0 aliphatic heterocycles. The number of nitrogens with one attached hydrogen (secondary N) is 2. The van der Waals surface area contributed by atoms with E-state index in [1.165, 1.54) is 0 Å². The fourth-order valence-electron chi connectivity index (χ4n) is 2.13. The normalized spacial score (nSPS) is 11.9. The molecule has 2 N–H and O–H groups in total. The van der Waals surface area contributed by atoms with Crippen molar-refractivity contribution < 1.29 is 9.53 Å². The van der Waals surface area contributed by atoms with Crippen molar-refractivity contribution in [2.75, 3.05) is 5.32 Å². The molecule has 1 aromatic heterocycles. The molecule has 0 radical (unpaired) electrons. The predicted octanol–water partition coefficient (Wildman–Crippen LogP) is 3.02. The van der Waals surface area contributed by atoms with Crippen LogP contribution in [0.4, 0.5) is 5.95 Å². The minimum absolute atomic E-state index is 0.231. The number of aromatic amines is 1. The average molecular weight is 322 g/mol. The maximum atomic E-state index is 12.1. The molecule has 0 saturated carbocycles. The second kappa shape index (κ2) is 7.52. The van der Waals surface area contributed by atoms with Crippen LogP contribution in [-0.2, 0) is 16.1 Å². The first kappa shape index (κ1) is 15.9. The van der Waals surface area contributed by atoms with E-state index in [-0.39, 0.29) is 11.9 Å². The van der Waals surface area contributed by atoms with Crippen molar-refractivity contribution in [2.45, 2.75) is 19.6 Å². The zero-order valence-corrected chi connectivity index (χ0v) is 13.3. The van der Waals surface area contributed by atoms with Gasteiger partial charge in [0, 0.05) is 5.56 Å². The van der Waals surface area contributed by atoms with Gasteiger partial charge in [-0.1, -0.05) is 60.7 Å². The van der Waals surface area contributed by atoms with Gasteiger partial charge in [0.1, 0.15) is 6.10 Å². The van der Waals surface area contributed by atoms with Gasteiger partial charge in [-0.15, -0.1) is 5.10 Å². The summed E-state index contributed by atoms with van der Waals surface area (Å²) in [4.78, 5) is 16.4. The van der Waals surface area contributed by atoms with E-state index < -0.39 is 6.10 Å². The summed E-state index contributed by atoms with van der Waals surface area (Å²) >= 11 is 0. The number of amides is 1. The number of ether oxygens (including phenoxy) is 1. The average Bonchev–Trinajstić information content (AvgIpc) is 3.10. The number of benzene rings is 2. The smallest absolute Gasteiger partial charge is 0.255 e. The monoisotopic (exact) mass is 322 g/mol.